The molecule has 0 spiro atoms. The van der Waals surface area contributed by atoms with E-state index in [-0.39, 0.29) is 12.1 Å². The Bertz CT molecular complexity index is 729. The minimum atomic E-state index is -0.122. The van der Waals surface area contributed by atoms with Crippen LogP contribution in [0.1, 0.15) is 29.7 Å². The average molecular weight is 375 g/mol. The highest BCUT2D eigenvalue weighted by Gasteiger charge is 2.24. The first-order valence-electron chi connectivity index (χ1n) is 7.52. The first kappa shape index (κ1) is 16.0. The summed E-state index contributed by atoms with van der Waals surface area (Å²) < 4.78 is 12.0. The van der Waals surface area contributed by atoms with Gasteiger partial charge < -0.3 is 9.47 Å². The van der Waals surface area contributed by atoms with E-state index in [1.54, 1.807) is 14.2 Å². The lowest BCUT2D eigenvalue weighted by atomic mass is 9.92. The number of ether oxygens (including phenoxy) is 2. The van der Waals surface area contributed by atoms with Crippen LogP contribution in [-0.4, -0.2) is 20.3 Å². The molecule has 0 aromatic heterocycles. The van der Waals surface area contributed by atoms with E-state index >= 15 is 0 Å². The molecule has 1 aliphatic heterocycles. The Morgan fingerprint density at radius 1 is 1.00 bits per heavy atom. The van der Waals surface area contributed by atoms with Gasteiger partial charge in [0.15, 0.2) is 11.5 Å². The maximum atomic E-state index is 5.47. The molecule has 0 saturated carbocycles. The van der Waals surface area contributed by atoms with Crippen LogP contribution < -0.4 is 9.47 Å². The number of methoxy groups -OCH3 is 2. The van der Waals surface area contributed by atoms with Crippen molar-refractivity contribution in [3.05, 3.63) is 57.6 Å². The van der Waals surface area contributed by atoms with Gasteiger partial charge in [-0.3, -0.25) is 0 Å². The number of fused-ring (bicyclic) bond motifs is 1. The molecule has 2 aromatic carbocycles. The van der Waals surface area contributed by atoms with Crippen LogP contribution in [0.25, 0.3) is 0 Å². The molecule has 0 aliphatic carbocycles. The monoisotopic (exact) mass is 374 g/mol. The zero-order valence-corrected chi connectivity index (χ0v) is 15.0. The van der Waals surface area contributed by atoms with E-state index in [9.17, 15) is 0 Å². The van der Waals surface area contributed by atoms with E-state index in [0.29, 0.717) is 0 Å². The third kappa shape index (κ3) is 3.24. The fraction of sp³-hybridized carbons (Fsp3) is 0.333. The number of azo groups is 1. The van der Waals surface area contributed by atoms with Gasteiger partial charge in [0.05, 0.1) is 20.3 Å². The molecule has 4 nitrogen and oxygen atoms in total. The number of hydrogen-bond acceptors (Lipinski definition) is 4. The van der Waals surface area contributed by atoms with Gasteiger partial charge >= 0.3 is 0 Å². The number of nitrogens with zero attached hydrogens (tertiary/aromatic N) is 2. The predicted molar refractivity (Wildman–Crippen MR) is 93.6 cm³/mol. The lowest BCUT2D eigenvalue weighted by Gasteiger charge is -2.18. The van der Waals surface area contributed by atoms with Gasteiger partial charge in [0.2, 0.25) is 0 Å². The highest BCUT2D eigenvalue weighted by molar-refractivity contribution is 9.10. The quantitative estimate of drug-likeness (QED) is 0.762. The molecular formula is C18H19BrN2O2. The van der Waals surface area contributed by atoms with Crippen LogP contribution in [0.3, 0.4) is 0 Å². The Labute approximate surface area is 144 Å². The summed E-state index contributed by atoms with van der Waals surface area (Å²) in [6.07, 6.45) is 0.839. The topological polar surface area (TPSA) is 43.2 Å². The summed E-state index contributed by atoms with van der Waals surface area (Å²) in [5.41, 5.74) is 3.44. The summed E-state index contributed by atoms with van der Waals surface area (Å²) >= 11 is 3.48. The molecule has 2 atom stereocenters. The van der Waals surface area contributed by atoms with Gasteiger partial charge in [0.25, 0.3) is 0 Å². The predicted octanol–water partition coefficient (Wildman–Crippen LogP) is 4.95. The van der Waals surface area contributed by atoms with Crippen molar-refractivity contribution in [2.75, 3.05) is 14.2 Å². The summed E-state index contributed by atoms with van der Waals surface area (Å²) in [6, 6.07) is 12.3. The molecule has 1 heterocycles. The van der Waals surface area contributed by atoms with Crippen molar-refractivity contribution < 1.29 is 9.47 Å². The number of benzene rings is 2. The molecule has 5 heteroatoms. The van der Waals surface area contributed by atoms with Crippen molar-refractivity contribution in [1.29, 1.82) is 0 Å². The molecule has 0 N–H and O–H groups in total. The van der Waals surface area contributed by atoms with Gasteiger partial charge in [-0.1, -0.05) is 28.1 Å². The molecule has 23 heavy (non-hydrogen) atoms. The van der Waals surface area contributed by atoms with Crippen LogP contribution in [0.15, 0.2) is 51.1 Å². The molecule has 3 rings (SSSR count). The molecule has 0 fully saturated rings. The second kappa shape index (κ2) is 6.71. The lowest BCUT2D eigenvalue weighted by molar-refractivity contribution is 0.354. The van der Waals surface area contributed by atoms with E-state index < -0.39 is 0 Å². The van der Waals surface area contributed by atoms with E-state index in [0.717, 1.165) is 33.5 Å². The Hall–Kier alpha value is -1.88. The molecule has 0 radical (unpaired) electrons. The van der Waals surface area contributed by atoms with Crippen molar-refractivity contribution in [2.24, 2.45) is 10.2 Å². The van der Waals surface area contributed by atoms with Crippen molar-refractivity contribution in [3.8, 4) is 11.5 Å². The van der Waals surface area contributed by atoms with Gasteiger partial charge in [-0.15, -0.1) is 0 Å². The SMILES string of the molecule is COc1cc2c(cc1OC)C(c1ccc(Br)cc1)N=NC(C)C2. The van der Waals surface area contributed by atoms with E-state index in [2.05, 4.69) is 45.2 Å². The van der Waals surface area contributed by atoms with E-state index in [4.69, 9.17) is 9.47 Å². The molecule has 0 bridgehead atoms. The summed E-state index contributed by atoms with van der Waals surface area (Å²) in [6.45, 7) is 2.08. The van der Waals surface area contributed by atoms with Gasteiger partial charge in [0.1, 0.15) is 6.04 Å². The Morgan fingerprint density at radius 2 is 1.65 bits per heavy atom. The number of hydrogen-bond donors (Lipinski definition) is 0. The van der Waals surface area contributed by atoms with Crippen LogP contribution in [0, 0.1) is 0 Å². The summed E-state index contributed by atoms with van der Waals surface area (Å²) in [7, 11) is 3.31. The van der Waals surface area contributed by atoms with Crippen LogP contribution in [0.4, 0.5) is 0 Å². The Morgan fingerprint density at radius 3 is 2.30 bits per heavy atom. The number of rotatable bonds is 3. The van der Waals surface area contributed by atoms with Crippen molar-refractivity contribution >= 4 is 15.9 Å². The van der Waals surface area contributed by atoms with Gasteiger partial charge in [-0.25, -0.2) is 0 Å². The average Bonchev–Trinajstić information content (AvgIpc) is 2.72. The van der Waals surface area contributed by atoms with Gasteiger partial charge in [-0.2, -0.15) is 10.2 Å². The minimum absolute atomic E-state index is 0.122. The van der Waals surface area contributed by atoms with E-state index in [1.165, 1.54) is 5.56 Å². The maximum absolute atomic E-state index is 5.47. The third-order valence-corrected chi connectivity index (χ3v) is 4.55. The second-order valence-electron chi connectivity index (χ2n) is 5.64. The molecular weight excluding hydrogens is 356 g/mol. The Balaban J connectivity index is 2.15. The normalized spacial score (nSPS) is 19.8. The van der Waals surface area contributed by atoms with Crippen LogP contribution >= 0.6 is 15.9 Å². The number of halogens is 1. The van der Waals surface area contributed by atoms with Crippen LogP contribution in [-0.2, 0) is 6.42 Å². The third-order valence-electron chi connectivity index (χ3n) is 4.02. The second-order valence-corrected chi connectivity index (χ2v) is 6.56. The molecule has 120 valence electrons. The fourth-order valence-electron chi connectivity index (χ4n) is 2.86. The van der Waals surface area contributed by atoms with Crippen molar-refractivity contribution in [1.82, 2.24) is 0 Å². The summed E-state index contributed by atoms with van der Waals surface area (Å²) in [5.74, 6) is 1.47. The molecule has 0 saturated heterocycles. The summed E-state index contributed by atoms with van der Waals surface area (Å²) in [5, 5.41) is 9.05. The van der Waals surface area contributed by atoms with Crippen LogP contribution in [0.5, 0.6) is 11.5 Å². The van der Waals surface area contributed by atoms with Crippen molar-refractivity contribution in [3.63, 3.8) is 0 Å². The standard InChI is InChI=1S/C18H19BrN2O2/c1-11-8-13-9-16(22-2)17(23-3)10-15(13)18(21-20-11)12-4-6-14(19)7-5-12/h4-7,9-11,18H,8H2,1-3H3. The fourth-order valence-corrected chi connectivity index (χ4v) is 3.13. The first-order chi connectivity index (χ1) is 11.1. The van der Waals surface area contributed by atoms with Crippen molar-refractivity contribution in [2.45, 2.75) is 25.4 Å². The molecule has 1 aliphatic rings. The smallest absolute Gasteiger partial charge is 0.161 e. The minimum Gasteiger partial charge on any atom is -0.493 e. The molecule has 0 amide bonds. The Kier molecular flexibility index (Phi) is 4.66. The highest BCUT2D eigenvalue weighted by atomic mass is 79.9. The van der Waals surface area contributed by atoms with Gasteiger partial charge in [-0.05, 0) is 54.3 Å². The summed E-state index contributed by atoms with van der Waals surface area (Å²) in [4.78, 5) is 0. The zero-order valence-electron chi connectivity index (χ0n) is 13.4. The maximum Gasteiger partial charge on any atom is 0.161 e. The lowest BCUT2D eigenvalue weighted by Crippen LogP contribution is -2.05. The van der Waals surface area contributed by atoms with Gasteiger partial charge in [0, 0.05) is 4.47 Å². The van der Waals surface area contributed by atoms with Crippen LogP contribution in [0.2, 0.25) is 0 Å². The highest BCUT2D eigenvalue weighted by Crippen LogP contribution is 2.39. The zero-order chi connectivity index (χ0) is 16.4. The largest absolute Gasteiger partial charge is 0.493 e. The molecule has 2 unspecified atom stereocenters. The van der Waals surface area contributed by atoms with E-state index in [1.807, 2.05) is 24.3 Å². The first-order valence-corrected chi connectivity index (χ1v) is 8.32. The molecule has 2 aromatic rings.